The fourth-order valence-electron chi connectivity index (χ4n) is 5.88. The van der Waals surface area contributed by atoms with Crippen LogP contribution >= 0.6 is 0 Å². The molecule has 0 aliphatic heterocycles. The van der Waals surface area contributed by atoms with Crippen LogP contribution in [0.2, 0.25) is 0 Å². The number of hydrogen-bond acceptors (Lipinski definition) is 3. The van der Waals surface area contributed by atoms with Crippen molar-refractivity contribution in [1.82, 2.24) is 15.0 Å². The Kier molecular flexibility index (Phi) is 5.49. The lowest BCUT2D eigenvalue weighted by atomic mass is 9.62. The van der Waals surface area contributed by atoms with E-state index in [0.717, 1.165) is 17.5 Å². The smallest absolute Gasteiger partial charge is 0.165 e. The van der Waals surface area contributed by atoms with Gasteiger partial charge in [0, 0.05) is 40.9 Å². The number of benzene rings is 2. The molecule has 2 aromatic heterocycles. The molecule has 3 saturated carbocycles. The lowest BCUT2D eigenvalue weighted by Crippen LogP contribution is -2.47. The molecule has 3 aliphatic rings. The van der Waals surface area contributed by atoms with Crippen molar-refractivity contribution in [2.45, 2.75) is 38.6 Å². The van der Waals surface area contributed by atoms with Crippen LogP contribution in [0.3, 0.4) is 0 Å². The molecule has 7 rings (SSSR count). The van der Waals surface area contributed by atoms with E-state index in [1.165, 1.54) is 31.7 Å². The number of aromatic nitrogens is 3. The van der Waals surface area contributed by atoms with Crippen molar-refractivity contribution < 1.29 is 8.78 Å². The molecule has 2 aromatic carbocycles. The summed E-state index contributed by atoms with van der Waals surface area (Å²) in [7, 11) is 0. The molecule has 0 unspecified atom stereocenters. The molecule has 176 valence electrons. The van der Waals surface area contributed by atoms with Crippen LogP contribution in [0, 0.1) is 41.2 Å². The van der Waals surface area contributed by atoms with E-state index in [1.807, 2.05) is 36.4 Å². The number of rotatable bonds is 3. The molecule has 3 aliphatic carbocycles. The first-order valence-electron chi connectivity index (χ1n) is 12.2. The van der Waals surface area contributed by atoms with Gasteiger partial charge in [0.1, 0.15) is 23.1 Å². The number of aromatic amines is 1. The third-order valence-electron chi connectivity index (χ3n) is 7.73. The highest BCUT2D eigenvalue weighted by molar-refractivity contribution is 5.94. The Labute approximate surface area is 203 Å². The fourth-order valence-corrected chi connectivity index (χ4v) is 5.88. The number of fused-ring (bicyclic) bond motifs is 4. The Balaban J connectivity index is 1.43. The van der Waals surface area contributed by atoms with Crippen LogP contribution in [0.1, 0.15) is 43.9 Å². The molecule has 2 N–H and O–H groups in total. The Hall–Kier alpha value is -3.72. The Morgan fingerprint density at radius 2 is 1.71 bits per heavy atom. The highest BCUT2D eigenvalue weighted by atomic mass is 19.1. The van der Waals surface area contributed by atoms with E-state index in [0.29, 0.717) is 46.2 Å². The van der Waals surface area contributed by atoms with Crippen LogP contribution < -0.4 is 5.32 Å². The van der Waals surface area contributed by atoms with Crippen LogP contribution in [0.15, 0.2) is 54.7 Å². The Morgan fingerprint density at radius 1 is 0.943 bits per heavy atom. The van der Waals surface area contributed by atoms with Crippen molar-refractivity contribution in [3.8, 4) is 23.2 Å². The first-order chi connectivity index (χ1) is 17.0. The summed E-state index contributed by atoms with van der Waals surface area (Å²) in [5.41, 5.74) is 2.22. The summed E-state index contributed by atoms with van der Waals surface area (Å²) in [6.07, 6.45) is 6.73. The summed E-state index contributed by atoms with van der Waals surface area (Å²) in [6.45, 7) is 2.33. The Morgan fingerprint density at radius 3 is 2.49 bits per heavy atom. The number of nitrogens with one attached hydrogen (secondary N) is 2. The van der Waals surface area contributed by atoms with Crippen LogP contribution in [-0.2, 0) is 0 Å². The summed E-state index contributed by atoms with van der Waals surface area (Å²) in [6, 6.07) is 14.1. The average Bonchev–Trinajstić information content (AvgIpc) is 3.30. The predicted molar refractivity (Wildman–Crippen MR) is 134 cm³/mol. The SMILES string of the molecule is C[C@H]1C2CCC(CC2)[C@@H]1Nc1cc(C#Cc2ccccc2)nc(-c2c[nH]c3c(F)cc(F)cc23)n1. The minimum atomic E-state index is -0.642. The van der Waals surface area contributed by atoms with Crippen molar-refractivity contribution >= 4 is 16.7 Å². The third kappa shape index (κ3) is 4.16. The van der Waals surface area contributed by atoms with E-state index in [2.05, 4.69) is 34.0 Å². The van der Waals surface area contributed by atoms with E-state index in [4.69, 9.17) is 4.98 Å². The van der Waals surface area contributed by atoms with Gasteiger partial charge >= 0.3 is 0 Å². The first-order valence-corrected chi connectivity index (χ1v) is 12.2. The van der Waals surface area contributed by atoms with E-state index in [-0.39, 0.29) is 5.52 Å². The predicted octanol–water partition coefficient (Wildman–Crippen LogP) is 6.54. The molecule has 4 aromatic rings. The molecular weight excluding hydrogens is 442 g/mol. The molecule has 2 heterocycles. The van der Waals surface area contributed by atoms with Crippen LogP contribution in [0.4, 0.5) is 14.6 Å². The van der Waals surface area contributed by atoms with Crippen molar-refractivity contribution in [2.24, 2.45) is 17.8 Å². The maximum Gasteiger partial charge on any atom is 0.165 e. The van der Waals surface area contributed by atoms with E-state index >= 15 is 0 Å². The van der Waals surface area contributed by atoms with Crippen LogP contribution in [-0.4, -0.2) is 21.0 Å². The normalized spacial score (nSPS) is 23.2. The van der Waals surface area contributed by atoms with Gasteiger partial charge in [-0.2, -0.15) is 0 Å². The zero-order chi connectivity index (χ0) is 23.9. The van der Waals surface area contributed by atoms with Gasteiger partial charge in [-0.05, 0) is 67.6 Å². The second-order valence-corrected chi connectivity index (χ2v) is 9.79. The van der Waals surface area contributed by atoms with Gasteiger partial charge in [-0.25, -0.2) is 18.7 Å². The third-order valence-corrected chi connectivity index (χ3v) is 7.73. The number of nitrogens with zero attached hydrogens (tertiary/aromatic N) is 2. The van der Waals surface area contributed by atoms with Gasteiger partial charge in [0.15, 0.2) is 5.82 Å². The summed E-state index contributed by atoms with van der Waals surface area (Å²) in [5.74, 6) is 8.06. The highest BCUT2D eigenvalue weighted by Crippen LogP contribution is 2.46. The minimum Gasteiger partial charge on any atom is -0.367 e. The zero-order valence-electron chi connectivity index (χ0n) is 19.5. The molecular formula is C29H26F2N4. The fraction of sp³-hybridized carbons (Fsp3) is 0.310. The van der Waals surface area contributed by atoms with Crippen molar-refractivity contribution in [1.29, 1.82) is 0 Å². The monoisotopic (exact) mass is 468 g/mol. The second-order valence-electron chi connectivity index (χ2n) is 9.79. The maximum absolute atomic E-state index is 14.3. The topological polar surface area (TPSA) is 53.6 Å². The van der Waals surface area contributed by atoms with Crippen molar-refractivity contribution in [3.63, 3.8) is 0 Å². The lowest BCUT2D eigenvalue weighted by Gasteiger charge is -2.47. The van der Waals surface area contributed by atoms with Gasteiger partial charge in [-0.3, -0.25) is 0 Å². The lowest BCUT2D eigenvalue weighted by molar-refractivity contribution is 0.0928. The van der Waals surface area contributed by atoms with Gasteiger partial charge in [-0.1, -0.05) is 31.0 Å². The number of halogens is 2. The largest absolute Gasteiger partial charge is 0.367 e. The van der Waals surface area contributed by atoms with Gasteiger partial charge in [0.05, 0.1) is 5.52 Å². The standard InChI is InChI=1S/C29H26F2N4/c1-17-19-8-10-20(11-9-19)27(17)34-26-15-22(12-7-18-5-3-2-4-6-18)33-29(35-26)24-16-32-28-23(24)13-21(30)14-25(28)31/h2-6,13-17,19-20,27,32H,8-11H2,1H3,(H,33,34,35)/t17-,19?,20?,27+/m0/s1. The molecule has 0 amide bonds. The number of hydrogen-bond donors (Lipinski definition) is 2. The van der Waals surface area contributed by atoms with Gasteiger partial charge in [0.25, 0.3) is 0 Å². The average molecular weight is 469 g/mol. The maximum atomic E-state index is 14.3. The second kappa shape index (κ2) is 8.81. The molecule has 0 radical (unpaired) electrons. The summed E-state index contributed by atoms with van der Waals surface area (Å²) in [5, 5.41) is 4.11. The molecule has 2 bridgehead atoms. The van der Waals surface area contributed by atoms with Crippen molar-refractivity contribution in [3.05, 3.63) is 77.6 Å². The summed E-state index contributed by atoms with van der Waals surface area (Å²) >= 11 is 0. The molecule has 0 spiro atoms. The summed E-state index contributed by atoms with van der Waals surface area (Å²) < 4.78 is 28.4. The molecule has 35 heavy (non-hydrogen) atoms. The first kappa shape index (κ1) is 21.8. The number of H-pyrrole nitrogens is 1. The molecule has 6 heteroatoms. The molecule has 3 fully saturated rings. The zero-order valence-corrected chi connectivity index (χ0v) is 19.5. The van der Waals surface area contributed by atoms with E-state index < -0.39 is 11.6 Å². The molecule has 2 atom stereocenters. The summed E-state index contributed by atoms with van der Waals surface area (Å²) in [4.78, 5) is 12.4. The van der Waals surface area contributed by atoms with E-state index in [1.54, 1.807) is 6.20 Å². The van der Waals surface area contributed by atoms with Crippen LogP contribution in [0.5, 0.6) is 0 Å². The van der Waals surface area contributed by atoms with Crippen LogP contribution in [0.25, 0.3) is 22.3 Å². The quantitative estimate of drug-likeness (QED) is 0.336. The van der Waals surface area contributed by atoms with Crippen molar-refractivity contribution in [2.75, 3.05) is 5.32 Å². The molecule has 0 saturated heterocycles. The molecule has 4 nitrogen and oxygen atoms in total. The van der Waals surface area contributed by atoms with Gasteiger partial charge in [-0.15, -0.1) is 0 Å². The van der Waals surface area contributed by atoms with Gasteiger partial charge < -0.3 is 10.3 Å². The Bertz CT molecular complexity index is 1440. The highest BCUT2D eigenvalue weighted by Gasteiger charge is 2.41. The van der Waals surface area contributed by atoms with Gasteiger partial charge in [0.2, 0.25) is 0 Å². The number of anilines is 1. The minimum absolute atomic E-state index is 0.235. The van der Waals surface area contributed by atoms with E-state index in [9.17, 15) is 8.78 Å².